The van der Waals surface area contributed by atoms with Crippen LogP contribution < -0.4 is 20.2 Å². The molecule has 0 fully saturated rings. The lowest BCUT2D eigenvalue weighted by Gasteiger charge is -2.12. The average Bonchev–Trinajstić information content (AvgIpc) is 3.18. The van der Waals surface area contributed by atoms with E-state index >= 15 is 0 Å². The number of nitrogens with zero attached hydrogens (tertiary/aromatic N) is 3. The molecule has 1 aliphatic heterocycles. The first kappa shape index (κ1) is 20.7. The Hall–Kier alpha value is -4.57. The standard InChI is InChI=1S/C25H20N4O3/c1-31-20-11-5-17(6-12-20)24-23(22(15-26)16-3-7-18(27)8-4-16)25(30)29(28-24)19-9-13-21(32-2)14-10-19/h3-14H,27H2,1-2H3/b23-22-. The number of carbonyl (C=O) groups excluding carboxylic acids is 1. The van der Waals surface area contributed by atoms with Gasteiger partial charge in [-0.3, -0.25) is 4.79 Å². The summed E-state index contributed by atoms with van der Waals surface area (Å²) in [5.41, 5.74) is 9.05. The van der Waals surface area contributed by atoms with E-state index in [9.17, 15) is 10.1 Å². The second-order valence-electron chi connectivity index (χ2n) is 6.98. The summed E-state index contributed by atoms with van der Waals surface area (Å²) in [5.74, 6) is 0.944. The topological polar surface area (TPSA) is 101 Å². The van der Waals surface area contributed by atoms with E-state index in [1.165, 1.54) is 5.01 Å². The lowest BCUT2D eigenvalue weighted by Crippen LogP contribution is -2.22. The van der Waals surface area contributed by atoms with Gasteiger partial charge in [0.25, 0.3) is 5.91 Å². The van der Waals surface area contributed by atoms with Crippen LogP contribution in [0.4, 0.5) is 11.4 Å². The largest absolute Gasteiger partial charge is 0.497 e. The minimum absolute atomic E-state index is 0.221. The molecule has 4 rings (SSSR count). The van der Waals surface area contributed by atoms with Crippen LogP contribution in [0.3, 0.4) is 0 Å². The molecule has 3 aromatic carbocycles. The Morgan fingerprint density at radius 2 is 1.47 bits per heavy atom. The summed E-state index contributed by atoms with van der Waals surface area (Å²) < 4.78 is 10.4. The SMILES string of the molecule is COc1ccc(C2=NN(c3ccc(OC)cc3)C(=O)/C2=C(/C#N)c2ccc(N)cc2)cc1. The highest BCUT2D eigenvalue weighted by atomic mass is 16.5. The molecule has 0 radical (unpaired) electrons. The molecule has 0 atom stereocenters. The summed E-state index contributed by atoms with van der Waals surface area (Å²) in [7, 11) is 3.15. The molecule has 0 saturated carbocycles. The summed E-state index contributed by atoms with van der Waals surface area (Å²) in [6.45, 7) is 0. The van der Waals surface area contributed by atoms with Crippen molar-refractivity contribution < 1.29 is 14.3 Å². The number of hydrogen-bond donors (Lipinski definition) is 1. The molecule has 0 saturated heterocycles. The zero-order chi connectivity index (χ0) is 22.7. The predicted molar refractivity (Wildman–Crippen MR) is 123 cm³/mol. The third kappa shape index (κ3) is 3.77. The molecule has 3 aromatic rings. The number of methoxy groups -OCH3 is 2. The van der Waals surface area contributed by atoms with Crippen LogP contribution in [0.15, 0.2) is 83.5 Å². The van der Waals surface area contributed by atoms with Crippen LogP contribution in [-0.4, -0.2) is 25.8 Å². The minimum atomic E-state index is -0.394. The van der Waals surface area contributed by atoms with E-state index in [1.807, 2.05) is 0 Å². The summed E-state index contributed by atoms with van der Waals surface area (Å²) in [6, 6.07) is 23.2. The Morgan fingerprint density at radius 1 is 0.906 bits per heavy atom. The number of carbonyl (C=O) groups is 1. The molecule has 158 valence electrons. The number of hydrogen-bond acceptors (Lipinski definition) is 6. The molecule has 1 heterocycles. The molecule has 0 bridgehead atoms. The first-order valence-electron chi connectivity index (χ1n) is 9.78. The van der Waals surface area contributed by atoms with Crippen LogP contribution in [-0.2, 0) is 4.79 Å². The molecule has 0 aromatic heterocycles. The van der Waals surface area contributed by atoms with Crippen LogP contribution >= 0.6 is 0 Å². The van der Waals surface area contributed by atoms with Crippen LogP contribution in [0.25, 0.3) is 5.57 Å². The normalized spacial score (nSPS) is 14.6. The van der Waals surface area contributed by atoms with Crippen molar-refractivity contribution in [2.24, 2.45) is 5.10 Å². The Labute approximate surface area is 185 Å². The molecule has 0 aliphatic carbocycles. The molecule has 32 heavy (non-hydrogen) atoms. The van der Waals surface area contributed by atoms with E-state index in [1.54, 1.807) is 87.0 Å². The fourth-order valence-electron chi connectivity index (χ4n) is 3.39. The maximum atomic E-state index is 13.5. The van der Waals surface area contributed by atoms with E-state index in [2.05, 4.69) is 11.2 Å². The van der Waals surface area contributed by atoms with Crippen LogP contribution in [0, 0.1) is 11.3 Å². The number of nitrogen functional groups attached to an aromatic ring is 1. The van der Waals surface area contributed by atoms with E-state index in [0.29, 0.717) is 39.7 Å². The predicted octanol–water partition coefficient (Wildman–Crippen LogP) is 4.01. The second-order valence-corrected chi connectivity index (χ2v) is 6.98. The number of amides is 1. The highest BCUT2D eigenvalue weighted by Gasteiger charge is 2.35. The van der Waals surface area contributed by atoms with Gasteiger partial charge in [-0.2, -0.15) is 15.4 Å². The van der Waals surface area contributed by atoms with E-state index in [0.717, 1.165) is 0 Å². The molecule has 1 amide bonds. The monoisotopic (exact) mass is 424 g/mol. The Bertz CT molecular complexity index is 1250. The van der Waals surface area contributed by atoms with Crippen molar-refractivity contribution >= 4 is 28.6 Å². The highest BCUT2D eigenvalue weighted by molar-refractivity contribution is 6.39. The Kier molecular flexibility index (Phi) is 5.60. The third-order valence-electron chi connectivity index (χ3n) is 5.08. The van der Waals surface area contributed by atoms with Gasteiger partial charge in [0, 0.05) is 11.3 Å². The van der Waals surface area contributed by atoms with Gasteiger partial charge in [0.2, 0.25) is 0 Å². The number of nitriles is 1. The lowest BCUT2D eigenvalue weighted by atomic mass is 9.94. The highest BCUT2D eigenvalue weighted by Crippen LogP contribution is 2.32. The van der Waals surface area contributed by atoms with Crippen LogP contribution in [0.5, 0.6) is 11.5 Å². The van der Waals surface area contributed by atoms with E-state index in [4.69, 9.17) is 15.2 Å². The summed E-state index contributed by atoms with van der Waals surface area (Å²) in [6.07, 6.45) is 0. The first-order valence-corrected chi connectivity index (χ1v) is 9.78. The zero-order valence-electron chi connectivity index (χ0n) is 17.6. The molecule has 0 spiro atoms. The number of anilines is 2. The second kappa shape index (κ2) is 8.66. The zero-order valence-corrected chi connectivity index (χ0v) is 17.6. The van der Waals surface area contributed by atoms with Crippen molar-refractivity contribution in [3.63, 3.8) is 0 Å². The van der Waals surface area contributed by atoms with Crippen molar-refractivity contribution in [2.45, 2.75) is 0 Å². The third-order valence-corrected chi connectivity index (χ3v) is 5.08. The number of ether oxygens (including phenoxy) is 2. The molecule has 1 aliphatic rings. The molecular formula is C25H20N4O3. The van der Waals surface area contributed by atoms with Crippen molar-refractivity contribution in [3.8, 4) is 17.6 Å². The van der Waals surface area contributed by atoms with Gasteiger partial charge in [0.05, 0.1) is 31.1 Å². The van der Waals surface area contributed by atoms with Gasteiger partial charge in [-0.25, -0.2) is 0 Å². The number of hydrazone groups is 1. The van der Waals surface area contributed by atoms with Gasteiger partial charge in [-0.1, -0.05) is 12.1 Å². The number of rotatable bonds is 5. The van der Waals surface area contributed by atoms with Gasteiger partial charge < -0.3 is 15.2 Å². The molecule has 2 N–H and O–H groups in total. The summed E-state index contributed by atoms with van der Waals surface area (Å²) in [4.78, 5) is 13.5. The molecular weight excluding hydrogens is 404 g/mol. The fraction of sp³-hybridized carbons (Fsp3) is 0.0800. The Balaban J connectivity index is 1.89. The van der Waals surface area contributed by atoms with Crippen molar-refractivity contribution in [3.05, 3.63) is 89.5 Å². The Morgan fingerprint density at radius 3 is 2.00 bits per heavy atom. The minimum Gasteiger partial charge on any atom is -0.497 e. The fourth-order valence-corrected chi connectivity index (χ4v) is 3.39. The summed E-state index contributed by atoms with van der Waals surface area (Å²) in [5, 5.41) is 15.9. The van der Waals surface area contributed by atoms with Gasteiger partial charge in [-0.05, 0) is 66.2 Å². The molecule has 0 unspecified atom stereocenters. The van der Waals surface area contributed by atoms with Crippen LogP contribution in [0.1, 0.15) is 11.1 Å². The van der Waals surface area contributed by atoms with Crippen molar-refractivity contribution in [2.75, 3.05) is 25.0 Å². The smallest absolute Gasteiger partial charge is 0.282 e. The lowest BCUT2D eigenvalue weighted by molar-refractivity contribution is -0.114. The first-order chi connectivity index (χ1) is 15.5. The number of nitrogens with two attached hydrogens (primary N) is 1. The van der Waals surface area contributed by atoms with Gasteiger partial charge in [0.1, 0.15) is 23.3 Å². The molecule has 7 heteroatoms. The average molecular weight is 424 g/mol. The molecule has 7 nitrogen and oxygen atoms in total. The number of allylic oxidation sites excluding steroid dienone is 1. The van der Waals surface area contributed by atoms with Crippen molar-refractivity contribution in [1.82, 2.24) is 0 Å². The van der Waals surface area contributed by atoms with Crippen LogP contribution in [0.2, 0.25) is 0 Å². The quantitative estimate of drug-likeness (QED) is 0.379. The maximum Gasteiger partial charge on any atom is 0.282 e. The van der Waals surface area contributed by atoms with E-state index in [-0.39, 0.29) is 11.1 Å². The van der Waals surface area contributed by atoms with E-state index < -0.39 is 5.91 Å². The van der Waals surface area contributed by atoms with Gasteiger partial charge >= 0.3 is 0 Å². The van der Waals surface area contributed by atoms with Crippen molar-refractivity contribution in [1.29, 1.82) is 5.26 Å². The summed E-state index contributed by atoms with van der Waals surface area (Å²) >= 11 is 0. The number of benzene rings is 3. The van der Waals surface area contributed by atoms with Gasteiger partial charge in [-0.15, -0.1) is 0 Å². The van der Waals surface area contributed by atoms with Gasteiger partial charge in [0.15, 0.2) is 0 Å². The maximum absolute atomic E-state index is 13.5.